The molecule has 2 atom stereocenters. The first-order chi connectivity index (χ1) is 21.6. The van der Waals surface area contributed by atoms with Crippen molar-refractivity contribution >= 4 is 27.0 Å². The highest BCUT2D eigenvalue weighted by molar-refractivity contribution is 7.97. The predicted octanol–water partition coefficient (Wildman–Crippen LogP) is 9.25. The van der Waals surface area contributed by atoms with Gasteiger partial charge in [0.15, 0.2) is 31.4 Å². The van der Waals surface area contributed by atoms with E-state index in [-0.39, 0.29) is 37.4 Å². The lowest BCUT2D eigenvalue weighted by molar-refractivity contribution is -0.259. The van der Waals surface area contributed by atoms with Gasteiger partial charge in [0.25, 0.3) is 6.10 Å². The van der Waals surface area contributed by atoms with E-state index in [0.29, 0.717) is 0 Å². The standard InChI is InChI=1S/C18H15S.C15H17F5O6S.2CH4/c1-4-10-16(11-5-1)19(17-12-6-2-7-13-17)18-14-8-3-9-15-18;1-3-9(2)10-4-6-11(7-5-10)25-8-12(21)26-13(14(16,17)18)15(19,20)27(22,23)24;;/h1-15H;4-7,9,13H,3,8H2,1-2H3,(H,22,23,24);2*1H4/q+1;;;/p-1. The monoisotopic (exact) mass is 714 g/mol. The molecule has 0 aliphatic carbocycles. The fourth-order valence-corrected chi connectivity index (χ4v) is 6.52. The van der Waals surface area contributed by atoms with Gasteiger partial charge < -0.3 is 14.0 Å². The van der Waals surface area contributed by atoms with Crippen molar-refractivity contribution in [3.63, 3.8) is 0 Å². The number of esters is 1. The first kappa shape index (κ1) is 42.1. The van der Waals surface area contributed by atoms with Crippen LogP contribution in [0, 0.1) is 0 Å². The molecule has 4 rings (SSSR count). The summed E-state index contributed by atoms with van der Waals surface area (Å²) in [5, 5.41) is -5.89. The normalized spacial score (nSPS) is 12.7. The Morgan fingerprint density at radius 3 is 1.48 bits per heavy atom. The highest BCUT2D eigenvalue weighted by Crippen LogP contribution is 2.38. The summed E-state index contributed by atoms with van der Waals surface area (Å²) in [5.74, 6) is -1.65. The number of hydrogen-bond acceptors (Lipinski definition) is 6. The molecule has 0 fully saturated rings. The summed E-state index contributed by atoms with van der Waals surface area (Å²) in [7, 11) is -6.75. The van der Waals surface area contributed by atoms with Crippen LogP contribution in [0.4, 0.5) is 22.0 Å². The quantitative estimate of drug-likeness (QED) is 0.0666. The maximum absolute atomic E-state index is 13.2. The number of alkyl halides is 5. The number of benzene rings is 4. The van der Waals surface area contributed by atoms with Crippen molar-refractivity contribution < 1.29 is 49.2 Å². The van der Waals surface area contributed by atoms with Crippen molar-refractivity contribution in [3.05, 3.63) is 121 Å². The lowest BCUT2D eigenvalue weighted by Crippen LogP contribution is -2.52. The van der Waals surface area contributed by atoms with E-state index in [0.717, 1.165) is 12.0 Å². The maximum atomic E-state index is 13.2. The minimum absolute atomic E-state index is 0. The second kappa shape index (κ2) is 18.6. The zero-order valence-corrected chi connectivity index (χ0v) is 26.3. The summed E-state index contributed by atoms with van der Waals surface area (Å²) in [6.45, 7) is 2.71. The molecule has 0 aliphatic heterocycles. The van der Waals surface area contributed by atoms with E-state index in [1.165, 1.54) is 26.8 Å². The van der Waals surface area contributed by atoms with Gasteiger partial charge in [-0.15, -0.1) is 0 Å². The van der Waals surface area contributed by atoms with Crippen LogP contribution in [0.5, 0.6) is 5.75 Å². The van der Waals surface area contributed by atoms with Crippen LogP contribution in [0.25, 0.3) is 0 Å². The van der Waals surface area contributed by atoms with Crippen molar-refractivity contribution in [1.29, 1.82) is 0 Å². The van der Waals surface area contributed by atoms with Crippen molar-refractivity contribution in [2.24, 2.45) is 0 Å². The van der Waals surface area contributed by atoms with E-state index in [1.807, 2.05) is 13.8 Å². The maximum Gasteiger partial charge on any atom is 0.432 e. The van der Waals surface area contributed by atoms with Crippen molar-refractivity contribution in [2.45, 2.75) is 73.3 Å². The molecule has 0 saturated heterocycles. The van der Waals surface area contributed by atoms with Gasteiger partial charge in [0, 0.05) is 0 Å². The average molecular weight is 715 g/mol. The molecule has 48 heavy (non-hydrogen) atoms. The third kappa shape index (κ3) is 11.6. The molecule has 13 heteroatoms. The van der Waals surface area contributed by atoms with Gasteiger partial charge in [0.05, 0.1) is 10.9 Å². The van der Waals surface area contributed by atoms with Gasteiger partial charge in [-0.25, -0.2) is 13.2 Å². The molecular weight excluding hydrogens is 676 g/mol. The zero-order chi connectivity index (χ0) is 34.0. The van der Waals surface area contributed by atoms with Gasteiger partial charge in [0.1, 0.15) is 5.75 Å². The smallest absolute Gasteiger partial charge is 0.432 e. The summed E-state index contributed by atoms with van der Waals surface area (Å²) < 4.78 is 104. The molecule has 0 N–H and O–H groups in total. The van der Waals surface area contributed by atoms with Crippen molar-refractivity contribution in [3.8, 4) is 5.75 Å². The van der Waals surface area contributed by atoms with Crippen LogP contribution in [0.15, 0.2) is 130 Å². The predicted molar refractivity (Wildman–Crippen MR) is 176 cm³/mol. The van der Waals surface area contributed by atoms with Crippen molar-refractivity contribution in [1.82, 2.24) is 0 Å². The molecule has 0 heterocycles. The van der Waals surface area contributed by atoms with Crippen LogP contribution in [-0.4, -0.2) is 43.1 Å². The van der Waals surface area contributed by atoms with Crippen LogP contribution >= 0.6 is 0 Å². The molecule has 6 nitrogen and oxygen atoms in total. The Hall–Kier alpha value is -3.94. The largest absolute Gasteiger partial charge is 0.743 e. The van der Waals surface area contributed by atoms with E-state index in [9.17, 15) is 39.7 Å². The summed E-state index contributed by atoms with van der Waals surface area (Å²) in [4.78, 5) is 15.5. The van der Waals surface area contributed by atoms with Gasteiger partial charge in [-0.2, -0.15) is 22.0 Å². The highest BCUT2D eigenvalue weighted by atomic mass is 32.2. The van der Waals surface area contributed by atoms with Crippen LogP contribution in [-0.2, 0) is 30.5 Å². The van der Waals surface area contributed by atoms with Gasteiger partial charge in [-0.05, 0) is 66.4 Å². The van der Waals surface area contributed by atoms with E-state index < -0.39 is 40.2 Å². The Bertz CT molecular complexity index is 1530. The Balaban J connectivity index is 0.000000482. The van der Waals surface area contributed by atoms with Gasteiger partial charge >= 0.3 is 17.4 Å². The molecule has 0 amide bonds. The van der Waals surface area contributed by atoms with Crippen LogP contribution in [0.2, 0.25) is 0 Å². The lowest BCUT2D eigenvalue weighted by Gasteiger charge is -2.29. The molecule has 4 aromatic carbocycles. The Morgan fingerprint density at radius 1 is 0.750 bits per heavy atom. The fraction of sp³-hybridized carbons (Fsp3) is 0.286. The lowest BCUT2D eigenvalue weighted by atomic mass is 9.99. The summed E-state index contributed by atoms with van der Waals surface area (Å²) in [6, 6.07) is 38.3. The van der Waals surface area contributed by atoms with Crippen LogP contribution < -0.4 is 4.74 Å². The Morgan fingerprint density at radius 2 is 1.15 bits per heavy atom. The first-order valence-electron chi connectivity index (χ1n) is 13.9. The third-order valence-corrected chi connectivity index (χ3v) is 9.65. The Kier molecular flexibility index (Phi) is 16.3. The van der Waals surface area contributed by atoms with Crippen LogP contribution in [0.1, 0.15) is 46.6 Å². The number of carbonyl (C=O) groups is 1. The van der Waals surface area contributed by atoms with E-state index >= 15 is 0 Å². The average Bonchev–Trinajstić information content (AvgIpc) is 3.03. The minimum atomic E-state index is -6.73. The highest BCUT2D eigenvalue weighted by Gasteiger charge is 2.63. The van der Waals surface area contributed by atoms with Crippen molar-refractivity contribution in [2.75, 3.05) is 6.61 Å². The van der Waals surface area contributed by atoms with Gasteiger partial charge in [0.2, 0.25) is 0 Å². The molecule has 0 radical (unpaired) electrons. The van der Waals surface area contributed by atoms with E-state index in [4.69, 9.17) is 4.74 Å². The molecule has 262 valence electrons. The van der Waals surface area contributed by atoms with Crippen LogP contribution in [0.3, 0.4) is 0 Å². The molecule has 0 saturated carbocycles. The molecule has 2 unspecified atom stereocenters. The second-order valence-corrected chi connectivity index (χ2v) is 13.3. The first-order valence-corrected chi connectivity index (χ1v) is 16.5. The number of halogens is 5. The number of carbonyl (C=O) groups excluding carboxylic acids is 1. The topological polar surface area (TPSA) is 92.7 Å². The summed E-state index contributed by atoms with van der Waals surface area (Å²) >= 11 is 0. The van der Waals surface area contributed by atoms with E-state index in [1.54, 1.807) is 12.1 Å². The molecule has 0 aliphatic rings. The van der Waals surface area contributed by atoms with Gasteiger partial charge in [-0.1, -0.05) is 95.4 Å². The number of rotatable bonds is 11. The molecule has 0 aromatic heterocycles. The molecular formula is C35H39F5O6S2. The van der Waals surface area contributed by atoms with Gasteiger partial charge in [-0.3, -0.25) is 0 Å². The molecule has 0 spiro atoms. The minimum Gasteiger partial charge on any atom is -0.743 e. The zero-order valence-electron chi connectivity index (χ0n) is 24.7. The second-order valence-electron chi connectivity index (χ2n) is 9.84. The summed E-state index contributed by atoms with van der Waals surface area (Å²) in [6.07, 6.45) is -9.59. The SMILES string of the molecule is C.C.CCC(C)c1ccc(OCC(=O)OC(C(F)(F)F)C(F)(F)S(=O)(=O)[O-])cc1.c1ccc([S+](c2ccccc2)c2ccccc2)cc1. The fourth-order valence-electron chi connectivity index (χ4n) is 3.97. The number of ether oxygens (including phenoxy) is 2. The molecule has 4 aromatic rings. The number of hydrogen-bond donors (Lipinski definition) is 0. The molecule has 0 bridgehead atoms. The third-order valence-electron chi connectivity index (χ3n) is 6.54. The van der Waals surface area contributed by atoms with E-state index in [2.05, 4.69) is 95.7 Å². The summed E-state index contributed by atoms with van der Waals surface area (Å²) in [5.41, 5.74) is 0.935. The Labute approximate surface area is 282 Å².